The maximum atomic E-state index is 11.4. The summed E-state index contributed by atoms with van der Waals surface area (Å²) in [7, 11) is 0. The van der Waals surface area contributed by atoms with E-state index in [0.29, 0.717) is 0 Å². The van der Waals surface area contributed by atoms with Gasteiger partial charge in [0.25, 0.3) is 5.91 Å². The summed E-state index contributed by atoms with van der Waals surface area (Å²) < 4.78 is 0. The average Bonchev–Trinajstić information content (AvgIpc) is 2.19. The monoisotopic (exact) mass is 194 g/mol. The van der Waals surface area contributed by atoms with Gasteiger partial charge in [0.05, 0.1) is 0 Å². The van der Waals surface area contributed by atoms with Crippen molar-refractivity contribution in [1.29, 1.82) is 0 Å². The van der Waals surface area contributed by atoms with Crippen LogP contribution in [0.1, 0.15) is 17.4 Å². The summed E-state index contributed by atoms with van der Waals surface area (Å²) in [6.07, 6.45) is 2.70. The van der Waals surface area contributed by atoms with Gasteiger partial charge < -0.3 is 11.1 Å². The Morgan fingerprint density at radius 1 is 1.57 bits per heavy atom. The summed E-state index contributed by atoms with van der Waals surface area (Å²) in [5.41, 5.74) is 5.18. The van der Waals surface area contributed by atoms with Gasteiger partial charge in [0.15, 0.2) is 0 Å². The minimum atomic E-state index is -0.711. The molecule has 1 heterocycles. The van der Waals surface area contributed by atoms with Crippen LogP contribution in [-0.4, -0.2) is 27.8 Å². The van der Waals surface area contributed by atoms with Crippen LogP contribution in [0.2, 0.25) is 0 Å². The molecule has 74 valence electrons. The van der Waals surface area contributed by atoms with Gasteiger partial charge in [0.1, 0.15) is 18.1 Å². The summed E-state index contributed by atoms with van der Waals surface area (Å²) in [6, 6.07) is 0.737. The van der Waals surface area contributed by atoms with Crippen LogP contribution in [0.25, 0.3) is 0 Å². The van der Waals surface area contributed by atoms with Crippen molar-refractivity contribution in [2.75, 3.05) is 0 Å². The first-order valence-electron chi connectivity index (χ1n) is 3.97. The molecule has 1 aromatic heterocycles. The van der Waals surface area contributed by atoms with Crippen LogP contribution < -0.4 is 11.1 Å². The molecule has 0 aliphatic carbocycles. The molecule has 1 atom stereocenters. The zero-order valence-corrected chi connectivity index (χ0v) is 7.60. The number of carbonyl (C=O) groups excluding carboxylic acids is 2. The molecule has 1 rings (SSSR count). The van der Waals surface area contributed by atoms with Crippen LogP contribution >= 0.6 is 0 Å². The van der Waals surface area contributed by atoms with E-state index in [0.717, 1.165) is 0 Å². The second kappa shape index (κ2) is 4.31. The quantitative estimate of drug-likeness (QED) is 0.650. The minimum Gasteiger partial charge on any atom is -0.368 e. The summed E-state index contributed by atoms with van der Waals surface area (Å²) >= 11 is 0. The number of amides is 2. The first-order valence-corrected chi connectivity index (χ1v) is 3.97. The first kappa shape index (κ1) is 10.1. The Kier molecular flexibility index (Phi) is 3.11. The standard InChI is InChI=1S/C8H10N4O2/c1-5(7(9)13)12-8(14)6-2-3-10-4-11-6/h2-5H,1H3,(H2,9,13)(H,12,14)/t5-/m0/s1. The van der Waals surface area contributed by atoms with Crippen LogP contribution in [0.15, 0.2) is 18.6 Å². The predicted molar refractivity (Wildman–Crippen MR) is 48.2 cm³/mol. The summed E-state index contributed by atoms with van der Waals surface area (Å²) in [5.74, 6) is -1.04. The third-order valence-electron chi connectivity index (χ3n) is 1.59. The molecule has 3 N–H and O–H groups in total. The van der Waals surface area contributed by atoms with E-state index in [2.05, 4.69) is 15.3 Å². The lowest BCUT2D eigenvalue weighted by Crippen LogP contribution is -2.42. The molecule has 0 unspecified atom stereocenters. The lowest BCUT2D eigenvalue weighted by atomic mass is 10.3. The lowest BCUT2D eigenvalue weighted by molar-refractivity contribution is -0.119. The minimum absolute atomic E-state index is 0.202. The molecule has 0 radical (unpaired) electrons. The summed E-state index contributed by atoms with van der Waals surface area (Å²) in [5, 5.41) is 2.39. The van der Waals surface area contributed by atoms with E-state index in [4.69, 9.17) is 5.73 Å². The fourth-order valence-electron chi connectivity index (χ4n) is 0.767. The molecule has 1 aromatic rings. The van der Waals surface area contributed by atoms with Crippen LogP contribution in [0.5, 0.6) is 0 Å². The highest BCUT2D eigenvalue weighted by atomic mass is 16.2. The van der Waals surface area contributed by atoms with Gasteiger partial charge in [-0.05, 0) is 13.0 Å². The van der Waals surface area contributed by atoms with Gasteiger partial charge in [-0.3, -0.25) is 9.59 Å². The average molecular weight is 194 g/mol. The van der Waals surface area contributed by atoms with Crippen molar-refractivity contribution in [3.63, 3.8) is 0 Å². The van der Waals surface area contributed by atoms with E-state index in [1.165, 1.54) is 25.5 Å². The number of carbonyl (C=O) groups is 2. The Morgan fingerprint density at radius 2 is 2.29 bits per heavy atom. The first-order chi connectivity index (χ1) is 6.61. The normalized spacial score (nSPS) is 11.8. The van der Waals surface area contributed by atoms with E-state index in [1.807, 2.05) is 0 Å². The number of primary amides is 1. The van der Waals surface area contributed by atoms with Crippen molar-refractivity contribution in [2.45, 2.75) is 13.0 Å². The Balaban J connectivity index is 2.64. The molecule has 0 fully saturated rings. The molecule has 6 heteroatoms. The Labute approximate surface area is 80.5 Å². The molecule has 0 aromatic carbocycles. The zero-order chi connectivity index (χ0) is 10.6. The fourth-order valence-corrected chi connectivity index (χ4v) is 0.767. The van der Waals surface area contributed by atoms with E-state index in [1.54, 1.807) is 0 Å². The van der Waals surface area contributed by atoms with Gasteiger partial charge in [-0.1, -0.05) is 0 Å². The number of aromatic nitrogens is 2. The number of hydrogen-bond acceptors (Lipinski definition) is 4. The number of rotatable bonds is 3. The molecule has 6 nitrogen and oxygen atoms in total. The molecule has 0 saturated heterocycles. The maximum absolute atomic E-state index is 11.4. The molecular weight excluding hydrogens is 184 g/mol. The smallest absolute Gasteiger partial charge is 0.270 e. The largest absolute Gasteiger partial charge is 0.368 e. The molecule has 0 bridgehead atoms. The highest BCUT2D eigenvalue weighted by Crippen LogP contribution is 1.91. The third-order valence-corrected chi connectivity index (χ3v) is 1.59. The predicted octanol–water partition coefficient (Wildman–Crippen LogP) is -0.920. The summed E-state index contributed by atoms with van der Waals surface area (Å²) in [6.45, 7) is 1.50. The van der Waals surface area contributed by atoms with Crippen LogP contribution in [0.3, 0.4) is 0 Å². The second-order valence-electron chi connectivity index (χ2n) is 2.69. The van der Waals surface area contributed by atoms with Crippen molar-refractivity contribution in [2.24, 2.45) is 5.73 Å². The lowest BCUT2D eigenvalue weighted by Gasteiger charge is -2.08. The Morgan fingerprint density at radius 3 is 2.79 bits per heavy atom. The molecule has 2 amide bonds. The van der Waals surface area contributed by atoms with E-state index >= 15 is 0 Å². The van der Waals surface area contributed by atoms with Crippen molar-refractivity contribution in [3.05, 3.63) is 24.3 Å². The van der Waals surface area contributed by atoms with Gasteiger partial charge in [-0.2, -0.15) is 0 Å². The second-order valence-corrected chi connectivity index (χ2v) is 2.69. The van der Waals surface area contributed by atoms with Gasteiger partial charge in [0, 0.05) is 6.20 Å². The van der Waals surface area contributed by atoms with Crippen LogP contribution in [0.4, 0.5) is 0 Å². The third kappa shape index (κ3) is 2.51. The van der Waals surface area contributed by atoms with Crippen molar-refractivity contribution >= 4 is 11.8 Å². The number of nitrogens with one attached hydrogen (secondary N) is 1. The molecule has 0 aliphatic rings. The molecular formula is C8H10N4O2. The van der Waals surface area contributed by atoms with Crippen LogP contribution in [0, 0.1) is 0 Å². The zero-order valence-electron chi connectivity index (χ0n) is 7.60. The van der Waals surface area contributed by atoms with E-state index < -0.39 is 17.9 Å². The number of hydrogen-bond donors (Lipinski definition) is 2. The fraction of sp³-hybridized carbons (Fsp3) is 0.250. The number of nitrogens with zero attached hydrogens (tertiary/aromatic N) is 2. The van der Waals surface area contributed by atoms with Crippen molar-refractivity contribution in [3.8, 4) is 0 Å². The van der Waals surface area contributed by atoms with Gasteiger partial charge in [-0.15, -0.1) is 0 Å². The van der Waals surface area contributed by atoms with Crippen molar-refractivity contribution in [1.82, 2.24) is 15.3 Å². The Bertz CT molecular complexity index is 338. The molecule has 14 heavy (non-hydrogen) atoms. The van der Waals surface area contributed by atoms with Crippen LogP contribution in [-0.2, 0) is 4.79 Å². The molecule has 0 saturated carbocycles. The SMILES string of the molecule is C[C@H](NC(=O)c1ccncn1)C(N)=O. The van der Waals surface area contributed by atoms with E-state index in [9.17, 15) is 9.59 Å². The number of nitrogens with two attached hydrogens (primary N) is 1. The Hall–Kier alpha value is -1.98. The molecule has 0 spiro atoms. The maximum Gasteiger partial charge on any atom is 0.270 e. The topological polar surface area (TPSA) is 98.0 Å². The van der Waals surface area contributed by atoms with Gasteiger partial charge >= 0.3 is 0 Å². The highest BCUT2D eigenvalue weighted by molar-refractivity contribution is 5.95. The van der Waals surface area contributed by atoms with Gasteiger partial charge in [-0.25, -0.2) is 9.97 Å². The van der Waals surface area contributed by atoms with Gasteiger partial charge in [0.2, 0.25) is 5.91 Å². The van der Waals surface area contributed by atoms with E-state index in [-0.39, 0.29) is 5.69 Å². The summed E-state index contributed by atoms with van der Waals surface area (Å²) in [4.78, 5) is 29.4. The molecule has 0 aliphatic heterocycles. The van der Waals surface area contributed by atoms with Crippen molar-refractivity contribution < 1.29 is 9.59 Å². The highest BCUT2D eigenvalue weighted by Gasteiger charge is 2.13.